The second-order valence-electron chi connectivity index (χ2n) is 23.5. The number of hydrogen-bond acceptors (Lipinski definition) is 14. The molecule has 428 valence electrons. The van der Waals surface area contributed by atoms with Crippen LogP contribution in [0.4, 0.5) is 40.1 Å². The Labute approximate surface area is 474 Å². The van der Waals surface area contributed by atoms with Gasteiger partial charge in [-0.1, -0.05) is 20.4 Å². The highest BCUT2D eigenvalue weighted by Gasteiger charge is 2.41. The summed E-state index contributed by atoms with van der Waals surface area (Å²) in [5.41, 5.74) is 6.43. The molecule has 0 bridgehead atoms. The van der Waals surface area contributed by atoms with Crippen LogP contribution >= 0.6 is 7.75 Å². The maximum Gasteiger partial charge on any atom is 0.401 e. The summed E-state index contributed by atoms with van der Waals surface area (Å²) >= 11 is 0. The number of piperidine rings is 1. The van der Waals surface area contributed by atoms with Crippen molar-refractivity contribution in [2.45, 2.75) is 104 Å². The third-order valence-electron chi connectivity index (χ3n) is 16.7. The number of nitrogens with zero attached hydrogens (tertiary/aromatic N) is 10. The molecule has 5 aliphatic rings. The van der Waals surface area contributed by atoms with Crippen LogP contribution in [-0.4, -0.2) is 118 Å². The Hall–Kier alpha value is -7.85. The number of aromatic nitrogens is 5. The number of imide groups is 1. The number of rotatable bonds is 14. The number of pyridine rings is 2. The lowest BCUT2D eigenvalue weighted by molar-refractivity contribution is -0.111. The van der Waals surface area contributed by atoms with E-state index in [2.05, 4.69) is 79.2 Å². The fourth-order valence-electron chi connectivity index (χ4n) is 12.8. The first-order valence-corrected chi connectivity index (χ1v) is 29.2. The fourth-order valence-corrected chi connectivity index (χ4v) is 13.7. The molecule has 6 aromatic rings. The van der Waals surface area contributed by atoms with Gasteiger partial charge in [0, 0.05) is 111 Å². The number of carbonyl (C=O) groups is 4. The van der Waals surface area contributed by atoms with Crippen molar-refractivity contribution < 1.29 is 38.6 Å². The molecule has 22 nitrogen and oxygen atoms in total. The van der Waals surface area contributed by atoms with E-state index < -0.39 is 43.2 Å². The number of hydrogen-bond donors (Lipinski definition) is 6. The summed E-state index contributed by atoms with van der Waals surface area (Å²) in [5, 5.41) is 19.3. The topological polar surface area (TPSA) is 264 Å². The van der Waals surface area contributed by atoms with Crippen LogP contribution in [0.1, 0.15) is 108 Å². The lowest BCUT2D eigenvalue weighted by Gasteiger charge is -2.48. The maximum atomic E-state index is 14.1. The summed E-state index contributed by atoms with van der Waals surface area (Å²) in [5.74, 6) is -1.24. The summed E-state index contributed by atoms with van der Waals surface area (Å²) in [6.45, 7) is 19.0. The minimum atomic E-state index is -4.64. The van der Waals surface area contributed by atoms with E-state index in [0.717, 1.165) is 61.6 Å². The number of fused-ring (bicyclic) bond motifs is 4. The first-order valence-electron chi connectivity index (χ1n) is 27.6. The average molecular weight is 1130 g/mol. The Morgan fingerprint density at radius 1 is 0.854 bits per heavy atom. The number of aliphatic hydroxyl groups is 1. The molecular weight excluding hydrogens is 1070 g/mol. The highest BCUT2D eigenvalue weighted by molar-refractivity contribution is 7.49. The molecule has 4 aromatic heterocycles. The Morgan fingerprint density at radius 3 is 2.35 bits per heavy atom. The van der Waals surface area contributed by atoms with E-state index in [-0.39, 0.29) is 57.8 Å². The highest BCUT2D eigenvalue weighted by atomic mass is 31.2. The normalized spacial score (nSPS) is 20.0. The molecule has 1 unspecified atom stereocenters. The van der Waals surface area contributed by atoms with E-state index in [4.69, 9.17) is 4.98 Å². The number of piperazine rings is 1. The van der Waals surface area contributed by atoms with Crippen molar-refractivity contribution in [3.8, 4) is 11.3 Å². The maximum absolute atomic E-state index is 14.1. The predicted molar refractivity (Wildman–Crippen MR) is 313 cm³/mol. The number of anilines is 7. The van der Waals surface area contributed by atoms with Gasteiger partial charge in [0.2, 0.25) is 5.91 Å². The number of nitrogens with one attached hydrogen (secondary N) is 3. The van der Waals surface area contributed by atoms with Crippen LogP contribution in [0.5, 0.6) is 0 Å². The molecule has 0 saturated carbocycles. The molecule has 82 heavy (non-hydrogen) atoms. The summed E-state index contributed by atoms with van der Waals surface area (Å²) < 4.78 is 15.3. The van der Waals surface area contributed by atoms with Gasteiger partial charge in [-0.3, -0.25) is 38.8 Å². The molecule has 11 rings (SSSR count). The van der Waals surface area contributed by atoms with Crippen molar-refractivity contribution in [2.75, 3.05) is 63.0 Å². The molecule has 1 aliphatic carbocycles. The van der Waals surface area contributed by atoms with Gasteiger partial charge >= 0.3 is 7.75 Å². The third-order valence-corrected chi connectivity index (χ3v) is 17.6. The second kappa shape index (κ2) is 21.2. The van der Waals surface area contributed by atoms with Gasteiger partial charge in [-0.2, -0.15) is 0 Å². The van der Waals surface area contributed by atoms with Gasteiger partial charge in [0.1, 0.15) is 11.5 Å². The van der Waals surface area contributed by atoms with Crippen LogP contribution < -0.4 is 40.9 Å². The molecule has 23 heteroatoms. The zero-order valence-corrected chi connectivity index (χ0v) is 47.9. The first-order chi connectivity index (χ1) is 38.9. The molecule has 0 spiro atoms. The van der Waals surface area contributed by atoms with Gasteiger partial charge in [0.05, 0.1) is 51.7 Å². The van der Waals surface area contributed by atoms with Crippen LogP contribution in [0.15, 0.2) is 96.7 Å². The number of aliphatic hydroxyl groups excluding tert-OH is 1. The Bertz CT molecular complexity index is 3740. The summed E-state index contributed by atoms with van der Waals surface area (Å²) in [6.07, 6.45) is 9.30. The summed E-state index contributed by atoms with van der Waals surface area (Å²) in [7, 11) is -3.02. The standard InChI is InChI=1S/C59H68N13O9P/c1-9-51(74)63-45-26-37(62-52-57(78)66(8)32-46(64-52)41-15-18-61-53(44(41)33-73)71-23-22-70-48(56(71)77)25-36-29-58(4,5)30-49(36)70)10-13-47(45)69-21-20-67(31-35(69)3)38-16-19-68(34(2)24-38)39-11-12-42-43(27-39)55(76)72(54(42)75)40-14-17-60-50(28-40)59(6,7)65-82(79,80)81/h9-15,17-18,25-28,32,34-35,38,73H,1,16,19-24,29-31,33H2,2-8H3,(H,62,64)(H,63,74)(H3,65,79,80,81)/t34-,35-,38?/m0/s1. The lowest BCUT2D eigenvalue weighted by atomic mass is 9.90. The number of carbonyl (C=O) groups excluding carboxylic acids is 4. The van der Waals surface area contributed by atoms with Crippen molar-refractivity contribution in [1.29, 1.82) is 0 Å². The summed E-state index contributed by atoms with van der Waals surface area (Å²) in [6, 6.07) is 18.0. The average Bonchev–Trinajstić information content (AvgIpc) is 4.09. The summed E-state index contributed by atoms with van der Waals surface area (Å²) in [4.78, 5) is 111. The largest absolute Gasteiger partial charge is 0.401 e. The molecule has 4 aliphatic heterocycles. The SMILES string of the molecule is C=CC(=O)Nc1cc(Nc2nc(-c3ccnc(N4CCn5c(cc6c5CC(C)(C)C6)C4=O)c3CO)cn(C)c2=O)ccc1N1CCN(C2CCN(c3ccc4c(c3)C(=O)N(c3ccnc(C(C)(C)NP(=O)(O)O)c3)C4=O)[C@@H](C)C2)C[C@@H]1C. The molecule has 3 atom stereocenters. The van der Waals surface area contributed by atoms with Crippen LogP contribution in [0.25, 0.3) is 11.3 Å². The zero-order valence-electron chi connectivity index (χ0n) is 47.0. The number of amides is 4. The number of aryl methyl sites for hydroxylation is 1. The number of benzene rings is 2. The van der Waals surface area contributed by atoms with Crippen LogP contribution in [0.2, 0.25) is 0 Å². The van der Waals surface area contributed by atoms with Crippen molar-refractivity contribution in [1.82, 2.24) is 34.1 Å². The van der Waals surface area contributed by atoms with E-state index in [9.17, 15) is 43.4 Å². The molecule has 2 aromatic carbocycles. The van der Waals surface area contributed by atoms with E-state index in [1.54, 1.807) is 62.5 Å². The van der Waals surface area contributed by atoms with Crippen molar-refractivity contribution in [3.05, 3.63) is 142 Å². The Kier molecular flexibility index (Phi) is 14.5. The van der Waals surface area contributed by atoms with Gasteiger partial charge in [0.15, 0.2) is 5.82 Å². The first kappa shape index (κ1) is 56.0. The van der Waals surface area contributed by atoms with Gasteiger partial charge < -0.3 is 44.5 Å². The Balaban J connectivity index is 0.764. The van der Waals surface area contributed by atoms with Gasteiger partial charge in [-0.15, -0.1) is 0 Å². The quantitative estimate of drug-likeness (QED) is 0.0388. The van der Waals surface area contributed by atoms with Gasteiger partial charge in [-0.25, -0.2) is 24.5 Å². The van der Waals surface area contributed by atoms with Gasteiger partial charge in [-0.05, 0) is 131 Å². The molecule has 2 saturated heterocycles. The van der Waals surface area contributed by atoms with E-state index >= 15 is 0 Å². The molecule has 0 radical (unpaired) electrons. The predicted octanol–water partition coefficient (Wildman–Crippen LogP) is 6.47. The van der Waals surface area contributed by atoms with Crippen LogP contribution in [0, 0.1) is 5.41 Å². The zero-order chi connectivity index (χ0) is 58.3. The third kappa shape index (κ3) is 10.4. The minimum Gasteiger partial charge on any atom is -0.392 e. The Morgan fingerprint density at radius 2 is 1.62 bits per heavy atom. The van der Waals surface area contributed by atoms with E-state index in [1.165, 1.54) is 40.2 Å². The van der Waals surface area contributed by atoms with E-state index in [0.29, 0.717) is 59.3 Å². The smallest absolute Gasteiger partial charge is 0.392 e. The molecular formula is C59H68N13O9P. The molecule has 4 amide bonds. The minimum absolute atomic E-state index is 0.00732. The molecule has 8 heterocycles. The lowest BCUT2D eigenvalue weighted by Crippen LogP contribution is -2.58. The monoisotopic (exact) mass is 1130 g/mol. The molecule has 6 N–H and O–H groups in total. The van der Waals surface area contributed by atoms with Gasteiger partial charge in [0.25, 0.3) is 23.3 Å². The highest BCUT2D eigenvalue weighted by Crippen LogP contribution is 2.42. The van der Waals surface area contributed by atoms with Crippen molar-refractivity contribution in [3.63, 3.8) is 0 Å². The fraction of sp³-hybridized carbons (Fsp3) is 0.390. The van der Waals surface area contributed by atoms with Crippen LogP contribution in [-0.2, 0) is 47.9 Å². The van der Waals surface area contributed by atoms with E-state index in [1.807, 2.05) is 24.3 Å². The van der Waals surface area contributed by atoms with Crippen LogP contribution in [0.3, 0.4) is 0 Å². The second-order valence-corrected chi connectivity index (χ2v) is 24.8. The van der Waals surface area contributed by atoms with Crippen molar-refractivity contribution >= 4 is 71.4 Å². The molecule has 2 fully saturated rings. The van der Waals surface area contributed by atoms with Crippen molar-refractivity contribution in [2.24, 2.45) is 12.5 Å².